The predicted molar refractivity (Wildman–Crippen MR) is 120 cm³/mol. The molecule has 0 radical (unpaired) electrons. The van der Waals surface area contributed by atoms with Gasteiger partial charge in [0.25, 0.3) is 5.91 Å². The van der Waals surface area contributed by atoms with Crippen molar-refractivity contribution in [2.75, 3.05) is 10.6 Å². The number of benzene rings is 2. The second kappa shape index (κ2) is 12.3. The molecule has 0 saturated heterocycles. The summed E-state index contributed by atoms with van der Waals surface area (Å²) < 4.78 is 0.960. The van der Waals surface area contributed by atoms with Gasteiger partial charge < -0.3 is 10.6 Å². The first-order chi connectivity index (χ1) is 13.6. The Morgan fingerprint density at radius 2 is 1.29 bits per heavy atom. The Kier molecular flexibility index (Phi) is 9.77. The summed E-state index contributed by atoms with van der Waals surface area (Å²) in [6.07, 6.45) is 8.89. The van der Waals surface area contributed by atoms with Gasteiger partial charge in [-0.1, -0.05) is 61.4 Å². The zero-order valence-corrected chi connectivity index (χ0v) is 18.1. The van der Waals surface area contributed by atoms with Gasteiger partial charge in [-0.15, -0.1) is 0 Å². The molecule has 0 atom stereocenters. The van der Waals surface area contributed by atoms with E-state index in [1.807, 2.05) is 24.3 Å². The molecule has 5 heteroatoms. The number of unbranched alkanes of at least 4 members (excludes halogenated alkanes) is 6. The van der Waals surface area contributed by atoms with Crippen molar-refractivity contribution in [3.05, 3.63) is 58.6 Å². The van der Waals surface area contributed by atoms with Gasteiger partial charge in [0.2, 0.25) is 5.91 Å². The summed E-state index contributed by atoms with van der Waals surface area (Å²) in [7, 11) is 0. The molecule has 28 heavy (non-hydrogen) atoms. The summed E-state index contributed by atoms with van der Waals surface area (Å²) in [5.74, 6) is -0.149. The summed E-state index contributed by atoms with van der Waals surface area (Å²) in [6.45, 7) is 2.21. The monoisotopic (exact) mass is 444 g/mol. The fraction of sp³-hybridized carbons (Fsp3) is 0.391. The average Bonchev–Trinajstić information content (AvgIpc) is 2.69. The zero-order valence-electron chi connectivity index (χ0n) is 16.5. The highest BCUT2D eigenvalue weighted by Gasteiger charge is 2.07. The van der Waals surface area contributed by atoms with Gasteiger partial charge in [-0.05, 0) is 55.0 Å². The summed E-state index contributed by atoms with van der Waals surface area (Å²) in [5.41, 5.74) is 2.00. The first kappa shape index (κ1) is 22.2. The molecule has 0 aliphatic heterocycles. The van der Waals surface area contributed by atoms with E-state index >= 15 is 0 Å². The molecule has 0 bridgehead atoms. The van der Waals surface area contributed by atoms with Crippen LogP contribution in [0.15, 0.2) is 53.0 Å². The third-order valence-corrected chi connectivity index (χ3v) is 5.07. The van der Waals surface area contributed by atoms with Crippen molar-refractivity contribution < 1.29 is 9.59 Å². The molecule has 0 heterocycles. The van der Waals surface area contributed by atoms with Crippen LogP contribution in [0.4, 0.5) is 11.4 Å². The molecular weight excluding hydrogens is 416 g/mol. The Labute approximate surface area is 176 Å². The molecule has 0 aromatic heterocycles. The number of nitrogens with one attached hydrogen (secondary N) is 2. The van der Waals surface area contributed by atoms with Crippen LogP contribution in [0.2, 0.25) is 0 Å². The smallest absolute Gasteiger partial charge is 0.255 e. The van der Waals surface area contributed by atoms with E-state index in [1.165, 1.54) is 32.1 Å². The summed E-state index contributed by atoms with van der Waals surface area (Å²) >= 11 is 3.37. The molecule has 0 aliphatic carbocycles. The minimum atomic E-state index is -0.178. The van der Waals surface area contributed by atoms with Crippen molar-refractivity contribution in [2.24, 2.45) is 0 Å². The number of hydrogen-bond donors (Lipinski definition) is 2. The lowest BCUT2D eigenvalue weighted by molar-refractivity contribution is -0.116. The third-order valence-electron chi connectivity index (χ3n) is 4.54. The van der Waals surface area contributed by atoms with Crippen LogP contribution in [-0.4, -0.2) is 11.8 Å². The first-order valence-corrected chi connectivity index (χ1v) is 10.8. The van der Waals surface area contributed by atoms with Crippen LogP contribution < -0.4 is 10.6 Å². The molecule has 150 valence electrons. The molecule has 0 spiro atoms. The SMILES string of the molecule is CCCCCCCCCC(=O)Nc1ccc(C(=O)Nc2ccc(Br)cc2)cc1. The molecule has 0 saturated carbocycles. The van der Waals surface area contributed by atoms with Crippen molar-refractivity contribution in [3.8, 4) is 0 Å². The Morgan fingerprint density at radius 3 is 1.93 bits per heavy atom. The van der Waals surface area contributed by atoms with Gasteiger partial charge in [-0.25, -0.2) is 0 Å². The Bertz CT molecular complexity index is 742. The molecule has 0 unspecified atom stereocenters. The average molecular weight is 445 g/mol. The molecule has 4 nitrogen and oxygen atoms in total. The Balaban J connectivity index is 1.72. The van der Waals surface area contributed by atoms with Gasteiger partial charge >= 0.3 is 0 Å². The minimum Gasteiger partial charge on any atom is -0.326 e. The Morgan fingerprint density at radius 1 is 0.750 bits per heavy atom. The lowest BCUT2D eigenvalue weighted by atomic mass is 10.1. The van der Waals surface area contributed by atoms with E-state index in [-0.39, 0.29) is 11.8 Å². The van der Waals surface area contributed by atoms with Crippen molar-refractivity contribution >= 4 is 39.1 Å². The normalized spacial score (nSPS) is 10.5. The second-order valence-corrected chi connectivity index (χ2v) is 7.87. The quantitative estimate of drug-likeness (QED) is 0.375. The standard InChI is InChI=1S/C23H29BrN2O2/c1-2-3-4-5-6-7-8-9-22(27)25-20-14-10-18(11-15-20)23(28)26-21-16-12-19(24)13-17-21/h10-17H,2-9H2,1H3,(H,25,27)(H,26,28). The van der Waals surface area contributed by atoms with Gasteiger partial charge in [0.1, 0.15) is 0 Å². The van der Waals surface area contributed by atoms with Crippen LogP contribution in [0.5, 0.6) is 0 Å². The second-order valence-electron chi connectivity index (χ2n) is 6.96. The lowest BCUT2D eigenvalue weighted by Crippen LogP contribution is -2.13. The molecule has 0 aliphatic rings. The van der Waals surface area contributed by atoms with Crippen LogP contribution >= 0.6 is 15.9 Å². The van der Waals surface area contributed by atoms with E-state index < -0.39 is 0 Å². The van der Waals surface area contributed by atoms with E-state index in [4.69, 9.17) is 0 Å². The maximum Gasteiger partial charge on any atom is 0.255 e. The third kappa shape index (κ3) is 8.26. The van der Waals surface area contributed by atoms with Crippen molar-refractivity contribution in [1.29, 1.82) is 0 Å². The van der Waals surface area contributed by atoms with Gasteiger partial charge in [0, 0.05) is 27.8 Å². The molecule has 0 fully saturated rings. The minimum absolute atomic E-state index is 0.0284. The number of rotatable bonds is 11. The van der Waals surface area contributed by atoms with Crippen molar-refractivity contribution in [2.45, 2.75) is 58.3 Å². The van der Waals surface area contributed by atoms with E-state index in [0.717, 1.165) is 23.0 Å². The number of anilines is 2. The topological polar surface area (TPSA) is 58.2 Å². The predicted octanol–water partition coefficient (Wildman–Crippen LogP) is 6.78. The fourth-order valence-electron chi connectivity index (χ4n) is 2.91. The highest BCUT2D eigenvalue weighted by atomic mass is 79.9. The molecule has 2 N–H and O–H groups in total. The Hall–Kier alpha value is -2.14. The molecule has 2 aromatic carbocycles. The number of carbonyl (C=O) groups is 2. The molecular formula is C23H29BrN2O2. The van der Waals surface area contributed by atoms with Crippen LogP contribution in [-0.2, 0) is 4.79 Å². The lowest BCUT2D eigenvalue weighted by Gasteiger charge is -2.08. The van der Waals surface area contributed by atoms with Crippen LogP contribution in [0.1, 0.15) is 68.6 Å². The van der Waals surface area contributed by atoms with Crippen LogP contribution in [0, 0.1) is 0 Å². The van der Waals surface area contributed by atoms with Crippen LogP contribution in [0.3, 0.4) is 0 Å². The zero-order chi connectivity index (χ0) is 20.2. The van der Waals surface area contributed by atoms with E-state index in [0.29, 0.717) is 17.7 Å². The first-order valence-electron chi connectivity index (χ1n) is 10.1. The van der Waals surface area contributed by atoms with Gasteiger partial charge in [-0.2, -0.15) is 0 Å². The molecule has 2 rings (SSSR count). The molecule has 2 amide bonds. The number of halogens is 1. The number of amides is 2. The summed E-state index contributed by atoms with van der Waals surface area (Å²) in [6, 6.07) is 14.4. The van der Waals surface area contributed by atoms with Gasteiger partial charge in [0.15, 0.2) is 0 Å². The van der Waals surface area contributed by atoms with Gasteiger partial charge in [0.05, 0.1) is 0 Å². The number of carbonyl (C=O) groups excluding carboxylic acids is 2. The maximum atomic E-state index is 12.3. The maximum absolute atomic E-state index is 12.3. The van der Waals surface area contributed by atoms with E-state index in [2.05, 4.69) is 33.5 Å². The van der Waals surface area contributed by atoms with E-state index in [9.17, 15) is 9.59 Å². The van der Waals surface area contributed by atoms with Gasteiger partial charge in [-0.3, -0.25) is 9.59 Å². The summed E-state index contributed by atoms with van der Waals surface area (Å²) in [4.78, 5) is 24.3. The van der Waals surface area contributed by atoms with Crippen LogP contribution in [0.25, 0.3) is 0 Å². The largest absolute Gasteiger partial charge is 0.326 e. The van der Waals surface area contributed by atoms with Crippen molar-refractivity contribution in [1.82, 2.24) is 0 Å². The number of hydrogen-bond acceptors (Lipinski definition) is 2. The van der Waals surface area contributed by atoms with E-state index in [1.54, 1.807) is 24.3 Å². The highest BCUT2D eigenvalue weighted by molar-refractivity contribution is 9.10. The summed E-state index contributed by atoms with van der Waals surface area (Å²) in [5, 5.41) is 5.75. The fourth-order valence-corrected chi connectivity index (χ4v) is 3.17. The molecule has 2 aromatic rings. The highest BCUT2D eigenvalue weighted by Crippen LogP contribution is 2.16. The van der Waals surface area contributed by atoms with Crippen molar-refractivity contribution in [3.63, 3.8) is 0 Å².